The average Bonchev–Trinajstić information content (AvgIpc) is 2.94. The van der Waals surface area contributed by atoms with E-state index >= 15 is 0 Å². The molecule has 1 aromatic carbocycles. The molecule has 22 heavy (non-hydrogen) atoms. The molecule has 1 atom stereocenters. The van der Waals surface area contributed by atoms with Crippen molar-refractivity contribution in [1.29, 1.82) is 0 Å². The van der Waals surface area contributed by atoms with Crippen molar-refractivity contribution in [1.82, 2.24) is 0 Å². The van der Waals surface area contributed by atoms with Gasteiger partial charge in [-0.3, -0.25) is 0 Å². The number of hydrogen-bond donors (Lipinski definition) is 0. The van der Waals surface area contributed by atoms with Crippen LogP contribution in [-0.2, 0) is 14.4 Å². The van der Waals surface area contributed by atoms with E-state index in [9.17, 15) is 0 Å². The molecule has 1 aromatic rings. The van der Waals surface area contributed by atoms with Gasteiger partial charge < -0.3 is 0 Å². The molecule has 0 spiro atoms. The van der Waals surface area contributed by atoms with Gasteiger partial charge in [0, 0.05) is 0 Å². The SMILES string of the molecule is CC1=Cc2c(Br)cccc2[CH]1[Zr]([CH3])([CH3])([CH3])([CH3])(=[SiH2])[C]1=CC=CC1. The van der Waals surface area contributed by atoms with Crippen molar-refractivity contribution in [2.75, 3.05) is 0 Å². The van der Waals surface area contributed by atoms with E-state index in [2.05, 4.69) is 90.8 Å². The van der Waals surface area contributed by atoms with Crippen LogP contribution in [0.3, 0.4) is 0 Å². The molecule has 3 heteroatoms. The maximum absolute atomic E-state index is 4.12. The van der Waals surface area contributed by atoms with E-state index in [-0.39, 0.29) is 0 Å². The van der Waals surface area contributed by atoms with Gasteiger partial charge in [0.2, 0.25) is 0 Å². The zero-order chi connectivity index (χ0) is 16.5. The first-order valence-electron chi connectivity index (χ1n) is 8.20. The topological polar surface area (TPSA) is 0 Å². The summed E-state index contributed by atoms with van der Waals surface area (Å²) in [5, 5.41) is 0. The molecule has 0 bridgehead atoms. The van der Waals surface area contributed by atoms with E-state index in [1.807, 2.05) is 0 Å². The molecule has 0 heterocycles. The van der Waals surface area contributed by atoms with Crippen molar-refractivity contribution in [3.05, 3.63) is 60.9 Å². The molecular formula is C19H27BrSiZr. The van der Waals surface area contributed by atoms with Crippen LogP contribution >= 0.6 is 15.9 Å². The second-order valence-electron chi connectivity index (χ2n) is 11.5. The van der Waals surface area contributed by atoms with E-state index in [0.717, 1.165) is 6.42 Å². The van der Waals surface area contributed by atoms with Crippen LogP contribution in [0, 0.1) is 0 Å². The second kappa shape index (κ2) is 3.81. The van der Waals surface area contributed by atoms with Crippen LogP contribution in [0.1, 0.15) is 28.1 Å². The molecule has 0 aliphatic heterocycles. The van der Waals surface area contributed by atoms with Gasteiger partial charge in [0.25, 0.3) is 0 Å². The van der Waals surface area contributed by atoms with Crippen LogP contribution in [0.4, 0.5) is 0 Å². The minimum absolute atomic E-state index is 0.536. The molecule has 3 rings (SSSR count). The van der Waals surface area contributed by atoms with Gasteiger partial charge in [-0.15, -0.1) is 0 Å². The Morgan fingerprint density at radius 2 is 1.86 bits per heavy atom. The van der Waals surface area contributed by atoms with Crippen LogP contribution in [0.5, 0.6) is 0 Å². The van der Waals surface area contributed by atoms with Crippen LogP contribution in [0.15, 0.2) is 49.8 Å². The molecule has 2 aliphatic rings. The summed E-state index contributed by atoms with van der Waals surface area (Å²) in [5.41, 5.74) is 4.44. The molecule has 0 nitrogen and oxygen atoms in total. The number of hydrogen-bond acceptors (Lipinski definition) is 0. The number of benzene rings is 1. The Bertz CT molecular complexity index is 901. The monoisotopic (exact) mass is 452 g/mol. The van der Waals surface area contributed by atoms with Gasteiger partial charge >= 0.3 is 140 Å². The van der Waals surface area contributed by atoms with Crippen molar-refractivity contribution in [3.63, 3.8) is 0 Å². The molecule has 0 N–H and O–H groups in total. The summed E-state index contributed by atoms with van der Waals surface area (Å²) < 4.78 is 14.0. The molecule has 0 radical (unpaired) electrons. The molecule has 0 aromatic heterocycles. The molecule has 0 saturated carbocycles. The Hall–Kier alpha value is 0.0200. The summed E-state index contributed by atoms with van der Waals surface area (Å²) in [4.78, 5) is 0. The van der Waals surface area contributed by atoms with Crippen LogP contribution < -0.4 is 0 Å². The van der Waals surface area contributed by atoms with Gasteiger partial charge in [-0.2, -0.15) is 0 Å². The summed E-state index contributed by atoms with van der Waals surface area (Å²) in [6, 6.07) is 6.71. The van der Waals surface area contributed by atoms with Crippen LogP contribution in [0.25, 0.3) is 6.08 Å². The Labute approximate surface area is 138 Å². The van der Waals surface area contributed by atoms with Crippen molar-refractivity contribution >= 4 is 28.9 Å². The van der Waals surface area contributed by atoms with Crippen LogP contribution in [-0.4, -0.2) is 6.88 Å². The Kier molecular flexibility index (Phi) is 2.92. The Morgan fingerprint density at radius 3 is 2.45 bits per heavy atom. The molecule has 0 fully saturated rings. The van der Waals surface area contributed by atoms with Gasteiger partial charge in [0.15, 0.2) is 0 Å². The first-order chi connectivity index (χ1) is 9.76. The van der Waals surface area contributed by atoms with Gasteiger partial charge in [0.1, 0.15) is 0 Å². The van der Waals surface area contributed by atoms with E-state index < -0.39 is 14.4 Å². The van der Waals surface area contributed by atoms with E-state index in [0.29, 0.717) is 3.63 Å². The van der Waals surface area contributed by atoms with E-state index in [1.54, 1.807) is 3.28 Å². The van der Waals surface area contributed by atoms with Crippen molar-refractivity contribution in [3.8, 4) is 0 Å². The molecule has 1 unspecified atom stereocenters. The number of allylic oxidation sites excluding steroid dienone is 5. The first kappa shape index (κ1) is 16.9. The second-order valence-corrected chi connectivity index (χ2v) is 71.5. The van der Waals surface area contributed by atoms with E-state index in [1.165, 1.54) is 21.2 Å². The van der Waals surface area contributed by atoms with Gasteiger partial charge in [-0.1, -0.05) is 0 Å². The van der Waals surface area contributed by atoms with Crippen molar-refractivity contribution in [2.24, 2.45) is 0 Å². The van der Waals surface area contributed by atoms with Crippen molar-refractivity contribution in [2.45, 2.75) is 35.5 Å². The van der Waals surface area contributed by atoms with Gasteiger partial charge in [0.05, 0.1) is 0 Å². The number of halogens is 1. The summed E-state index contributed by atoms with van der Waals surface area (Å²) >= 11 is -0.364. The molecule has 0 saturated heterocycles. The van der Waals surface area contributed by atoms with E-state index in [4.69, 9.17) is 0 Å². The van der Waals surface area contributed by atoms with Crippen LogP contribution in [0.2, 0.25) is 18.5 Å². The van der Waals surface area contributed by atoms with Crippen molar-refractivity contribution < 1.29 is 14.4 Å². The summed E-state index contributed by atoms with van der Waals surface area (Å²) in [6.45, 7) is 4.69. The fourth-order valence-electron chi connectivity index (χ4n) is 5.12. The molecular weight excluding hydrogens is 427 g/mol. The Morgan fingerprint density at radius 1 is 1.18 bits per heavy atom. The molecule has 118 valence electrons. The fraction of sp³-hybridized carbons (Fsp3) is 0.368. The zero-order valence-corrected chi connectivity index (χ0v) is 19.9. The summed E-state index contributed by atoms with van der Waals surface area (Å²) in [7, 11) is 0. The zero-order valence-electron chi connectivity index (χ0n) is 14.4. The Balaban J connectivity index is 2.40. The molecule has 0 amide bonds. The summed E-state index contributed by atoms with van der Waals surface area (Å²) in [6.07, 6.45) is 10.5. The summed E-state index contributed by atoms with van der Waals surface area (Å²) in [5.74, 6) is 0. The predicted molar refractivity (Wildman–Crippen MR) is 104 cm³/mol. The number of rotatable bonds is 2. The third-order valence-corrected chi connectivity index (χ3v) is 30.5. The first-order valence-corrected chi connectivity index (χ1v) is 27.4. The number of fused-ring (bicyclic) bond motifs is 1. The normalized spacial score (nSPS) is 25.5. The fourth-order valence-corrected chi connectivity index (χ4v) is 27.3. The minimum atomic E-state index is -4.12. The molecule has 2 aliphatic carbocycles. The van der Waals surface area contributed by atoms with Gasteiger partial charge in [-0.25, -0.2) is 0 Å². The standard InChI is InChI=1S/C10H8Br.C5H5.4CH3.H2Si.Zr/c1-7-5-8-3-2-4-10(11)9(8)6-7;1-2-4-5-3-1;;;;;;/h2-6H,1H3;1-3H,4H2;4*1H3;1H2;. The predicted octanol–water partition coefficient (Wildman–Crippen LogP) is 6.25. The third-order valence-electron chi connectivity index (χ3n) is 6.20. The average molecular weight is 455 g/mol. The third kappa shape index (κ3) is 2.23. The van der Waals surface area contributed by atoms with Gasteiger partial charge in [-0.05, 0) is 0 Å². The maximum atomic E-state index is 3.76. The quantitative estimate of drug-likeness (QED) is 0.463.